The molecule has 2 aromatic rings. The van der Waals surface area contributed by atoms with Crippen molar-refractivity contribution >= 4 is 17.5 Å². The van der Waals surface area contributed by atoms with E-state index < -0.39 is 11.7 Å². The zero-order valence-electron chi connectivity index (χ0n) is 14.4. The Balaban J connectivity index is 1.94. The molecule has 0 bridgehead atoms. The first-order valence-corrected chi connectivity index (χ1v) is 7.85. The summed E-state index contributed by atoms with van der Waals surface area (Å²) in [6.45, 7) is 7.45. The number of hydrogen-bond acceptors (Lipinski definition) is 3. The van der Waals surface area contributed by atoms with Crippen molar-refractivity contribution in [2.45, 2.75) is 39.3 Å². The van der Waals surface area contributed by atoms with Crippen LogP contribution in [0, 0.1) is 5.82 Å². The highest BCUT2D eigenvalue weighted by Crippen LogP contribution is 2.21. The Morgan fingerprint density at radius 2 is 1.54 bits per heavy atom. The summed E-state index contributed by atoms with van der Waals surface area (Å²) in [4.78, 5) is 11.7. The van der Waals surface area contributed by atoms with Crippen molar-refractivity contribution in [3.05, 3.63) is 59.9 Å². The molecule has 0 heterocycles. The van der Waals surface area contributed by atoms with Crippen LogP contribution in [-0.2, 0) is 4.74 Å². The summed E-state index contributed by atoms with van der Waals surface area (Å²) in [5.74, 6) is -0.247. The van der Waals surface area contributed by atoms with E-state index in [1.807, 2.05) is 39.8 Å². The Morgan fingerprint density at radius 1 is 1.00 bits per heavy atom. The average Bonchev–Trinajstić information content (AvgIpc) is 2.48. The first-order valence-electron chi connectivity index (χ1n) is 7.85. The number of benzene rings is 2. The van der Waals surface area contributed by atoms with Crippen molar-refractivity contribution < 1.29 is 13.9 Å². The van der Waals surface area contributed by atoms with Gasteiger partial charge in [0.1, 0.15) is 11.4 Å². The molecule has 1 unspecified atom stereocenters. The molecule has 0 saturated heterocycles. The summed E-state index contributed by atoms with van der Waals surface area (Å²) in [6, 6.07) is 13.8. The van der Waals surface area contributed by atoms with Gasteiger partial charge >= 0.3 is 6.09 Å². The van der Waals surface area contributed by atoms with Crippen LogP contribution in [0.25, 0.3) is 0 Å². The predicted octanol–water partition coefficient (Wildman–Crippen LogP) is 5.35. The van der Waals surface area contributed by atoms with Crippen LogP contribution in [0.15, 0.2) is 48.5 Å². The van der Waals surface area contributed by atoms with Crippen molar-refractivity contribution in [3.8, 4) is 0 Å². The van der Waals surface area contributed by atoms with E-state index in [0.29, 0.717) is 5.69 Å². The molecule has 2 rings (SSSR count). The summed E-state index contributed by atoms with van der Waals surface area (Å²) in [5, 5.41) is 6.02. The molecule has 0 aliphatic carbocycles. The van der Waals surface area contributed by atoms with Crippen LogP contribution in [-0.4, -0.2) is 11.7 Å². The molecule has 0 radical (unpaired) electrons. The number of nitrogens with one attached hydrogen (secondary N) is 2. The second kappa shape index (κ2) is 7.34. The van der Waals surface area contributed by atoms with E-state index in [0.717, 1.165) is 11.3 Å². The summed E-state index contributed by atoms with van der Waals surface area (Å²) in [6.07, 6.45) is -0.483. The fourth-order valence-corrected chi connectivity index (χ4v) is 2.16. The average molecular weight is 330 g/mol. The van der Waals surface area contributed by atoms with E-state index in [1.54, 1.807) is 24.3 Å². The van der Waals surface area contributed by atoms with E-state index >= 15 is 0 Å². The lowest BCUT2D eigenvalue weighted by atomic mass is 10.1. The minimum absolute atomic E-state index is 0.0373. The number of rotatable bonds is 4. The normalized spacial score (nSPS) is 12.4. The third kappa shape index (κ3) is 5.57. The SMILES string of the molecule is CC(Nc1ccc(NC(=O)OC(C)(C)C)cc1)c1ccc(F)cc1. The van der Waals surface area contributed by atoms with Gasteiger partial charge in [0.2, 0.25) is 0 Å². The van der Waals surface area contributed by atoms with Gasteiger partial charge in [0.15, 0.2) is 0 Å². The van der Waals surface area contributed by atoms with Crippen molar-refractivity contribution in [1.82, 2.24) is 0 Å². The topological polar surface area (TPSA) is 50.4 Å². The van der Waals surface area contributed by atoms with Crippen LogP contribution in [0.3, 0.4) is 0 Å². The summed E-state index contributed by atoms with van der Waals surface area (Å²) in [7, 11) is 0. The van der Waals surface area contributed by atoms with Gasteiger partial charge in [0.25, 0.3) is 0 Å². The van der Waals surface area contributed by atoms with Crippen molar-refractivity contribution in [2.75, 3.05) is 10.6 Å². The minimum atomic E-state index is -0.532. The highest BCUT2D eigenvalue weighted by molar-refractivity contribution is 5.85. The smallest absolute Gasteiger partial charge is 0.412 e. The van der Waals surface area contributed by atoms with E-state index in [1.165, 1.54) is 12.1 Å². The lowest BCUT2D eigenvalue weighted by molar-refractivity contribution is 0.0636. The maximum Gasteiger partial charge on any atom is 0.412 e. The Morgan fingerprint density at radius 3 is 2.08 bits per heavy atom. The van der Waals surface area contributed by atoms with Crippen LogP contribution >= 0.6 is 0 Å². The lowest BCUT2D eigenvalue weighted by Crippen LogP contribution is -2.27. The minimum Gasteiger partial charge on any atom is -0.444 e. The van der Waals surface area contributed by atoms with Gasteiger partial charge in [-0.2, -0.15) is 0 Å². The maximum atomic E-state index is 13.0. The van der Waals surface area contributed by atoms with Gasteiger partial charge in [-0.3, -0.25) is 5.32 Å². The highest BCUT2D eigenvalue weighted by atomic mass is 19.1. The van der Waals surface area contributed by atoms with Crippen molar-refractivity contribution in [3.63, 3.8) is 0 Å². The fourth-order valence-electron chi connectivity index (χ4n) is 2.16. The van der Waals surface area contributed by atoms with Gasteiger partial charge < -0.3 is 10.1 Å². The van der Waals surface area contributed by atoms with Crippen LogP contribution in [0.1, 0.15) is 39.3 Å². The van der Waals surface area contributed by atoms with Crippen LogP contribution < -0.4 is 10.6 Å². The molecule has 2 aromatic carbocycles. The number of hydrogen-bond donors (Lipinski definition) is 2. The second-order valence-corrected chi connectivity index (χ2v) is 6.62. The molecule has 0 saturated carbocycles. The molecular weight excluding hydrogens is 307 g/mol. The molecule has 0 spiro atoms. The largest absolute Gasteiger partial charge is 0.444 e. The van der Waals surface area contributed by atoms with E-state index in [9.17, 15) is 9.18 Å². The van der Waals surface area contributed by atoms with Gasteiger partial charge in [-0.05, 0) is 69.7 Å². The molecule has 128 valence electrons. The number of ether oxygens (including phenoxy) is 1. The predicted molar refractivity (Wildman–Crippen MR) is 94.7 cm³/mol. The molecule has 0 fully saturated rings. The van der Waals surface area contributed by atoms with Crippen molar-refractivity contribution in [1.29, 1.82) is 0 Å². The van der Waals surface area contributed by atoms with Gasteiger partial charge in [0.05, 0.1) is 0 Å². The number of carbonyl (C=O) groups is 1. The summed E-state index contributed by atoms with van der Waals surface area (Å²) >= 11 is 0. The molecule has 0 aromatic heterocycles. The third-order valence-corrected chi connectivity index (χ3v) is 3.28. The second-order valence-electron chi connectivity index (χ2n) is 6.62. The van der Waals surface area contributed by atoms with Crippen LogP contribution in [0.5, 0.6) is 0 Å². The van der Waals surface area contributed by atoms with Gasteiger partial charge in [-0.15, -0.1) is 0 Å². The molecule has 24 heavy (non-hydrogen) atoms. The number of anilines is 2. The molecule has 1 atom stereocenters. The molecule has 4 nitrogen and oxygen atoms in total. The lowest BCUT2D eigenvalue weighted by Gasteiger charge is -2.20. The quantitative estimate of drug-likeness (QED) is 0.795. The number of amides is 1. The van der Waals surface area contributed by atoms with E-state index in [-0.39, 0.29) is 11.9 Å². The first kappa shape index (κ1) is 17.8. The molecule has 5 heteroatoms. The standard InChI is InChI=1S/C19H23FN2O2/c1-13(14-5-7-15(20)8-6-14)21-16-9-11-17(12-10-16)22-18(23)24-19(2,3)4/h5-13,21H,1-4H3,(H,22,23). The van der Waals surface area contributed by atoms with Gasteiger partial charge in [-0.25, -0.2) is 9.18 Å². The van der Waals surface area contributed by atoms with Crippen molar-refractivity contribution in [2.24, 2.45) is 0 Å². The monoisotopic (exact) mass is 330 g/mol. The zero-order valence-corrected chi connectivity index (χ0v) is 14.4. The van der Waals surface area contributed by atoms with Crippen LogP contribution in [0.4, 0.5) is 20.6 Å². The summed E-state index contributed by atoms with van der Waals surface area (Å²) in [5.41, 5.74) is 2.02. The fraction of sp³-hybridized carbons (Fsp3) is 0.316. The van der Waals surface area contributed by atoms with Gasteiger partial charge in [0, 0.05) is 17.4 Å². The van der Waals surface area contributed by atoms with Crippen LogP contribution in [0.2, 0.25) is 0 Å². The highest BCUT2D eigenvalue weighted by Gasteiger charge is 2.16. The number of carbonyl (C=O) groups excluding carboxylic acids is 1. The molecule has 0 aliphatic rings. The Kier molecular flexibility index (Phi) is 5.44. The zero-order chi connectivity index (χ0) is 17.7. The third-order valence-electron chi connectivity index (χ3n) is 3.28. The van der Waals surface area contributed by atoms with E-state index in [2.05, 4.69) is 10.6 Å². The number of halogens is 1. The summed E-state index contributed by atoms with van der Waals surface area (Å²) < 4.78 is 18.2. The molecule has 1 amide bonds. The molecule has 0 aliphatic heterocycles. The molecule has 2 N–H and O–H groups in total. The molecular formula is C19H23FN2O2. The van der Waals surface area contributed by atoms with E-state index in [4.69, 9.17) is 4.74 Å². The van der Waals surface area contributed by atoms with Gasteiger partial charge in [-0.1, -0.05) is 12.1 Å². The maximum absolute atomic E-state index is 13.0. The Bertz CT molecular complexity index is 676. The Hall–Kier alpha value is -2.56. The Labute approximate surface area is 142 Å². The first-order chi connectivity index (χ1) is 11.2.